The van der Waals surface area contributed by atoms with Gasteiger partial charge in [-0.15, -0.1) is 13.2 Å². The SMILES string of the molecule is C/C=N\N(CC(=O)Nc1ccc(OC(F)(F)F)cc1)Cc1ccc(OCCCC(=O)O)cc1.CC1=CCC(F)=C(F)C(F)=C1. The maximum Gasteiger partial charge on any atom is 0.573 e. The lowest BCUT2D eigenvalue weighted by molar-refractivity contribution is -0.274. The van der Waals surface area contributed by atoms with Crippen LogP contribution in [0.5, 0.6) is 11.5 Å². The summed E-state index contributed by atoms with van der Waals surface area (Å²) in [5.74, 6) is -4.61. The van der Waals surface area contributed by atoms with E-state index in [0.717, 1.165) is 23.8 Å². The van der Waals surface area contributed by atoms with Crippen LogP contribution in [-0.2, 0) is 16.1 Å². The van der Waals surface area contributed by atoms with E-state index in [1.807, 2.05) is 12.1 Å². The summed E-state index contributed by atoms with van der Waals surface area (Å²) in [6.07, 6.45) is -0.561. The molecule has 1 aliphatic carbocycles. The van der Waals surface area contributed by atoms with E-state index < -0.39 is 35.7 Å². The molecule has 0 unspecified atom stereocenters. The lowest BCUT2D eigenvalue weighted by Crippen LogP contribution is -2.29. The molecule has 0 saturated heterocycles. The van der Waals surface area contributed by atoms with E-state index in [2.05, 4.69) is 15.2 Å². The monoisotopic (exact) mass is 627 g/mol. The third-order valence-corrected chi connectivity index (χ3v) is 5.47. The highest BCUT2D eigenvalue weighted by Crippen LogP contribution is 2.26. The minimum absolute atomic E-state index is 0.0373. The standard InChI is InChI=1S/C22H24F3N3O5.C8H7F3/c1-2-26-28(14-16-5-9-18(10-6-16)32-13-3-4-21(30)31)15-20(29)27-17-7-11-19(12-8-17)33-22(23,24)25;1-5-2-3-6(9)8(11)7(10)4-5/h2,5-12H,3-4,13-15H2,1H3,(H,27,29)(H,30,31);2,4H,3H2,1H3/b26-2-;. The summed E-state index contributed by atoms with van der Waals surface area (Å²) in [4.78, 5) is 22.9. The molecule has 1 aliphatic rings. The van der Waals surface area contributed by atoms with E-state index in [-0.39, 0.29) is 25.1 Å². The number of anilines is 1. The molecule has 0 aliphatic heterocycles. The van der Waals surface area contributed by atoms with E-state index in [4.69, 9.17) is 9.84 Å². The van der Waals surface area contributed by atoms with Crippen LogP contribution in [0.1, 0.15) is 38.7 Å². The molecule has 0 fully saturated rings. The minimum Gasteiger partial charge on any atom is -0.494 e. The molecule has 8 nitrogen and oxygen atoms in total. The van der Waals surface area contributed by atoms with Gasteiger partial charge in [0, 0.05) is 24.7 Å². The van der Waals surface area contributed by atoms with Gasteiger partial charge in [0.15, 0.2) is 11.7 Å². The van der Waals surface area contributed by atoms with E-state index in [1.165, 1.54) is 29.4 Å². The van der Waals surface area contributed by atoms with E-state index >= 15 is 0 Å². The zero-order valence-corrected chi connectivity index (χ0v) is 23.8. The van der Waals surface area contributed by atoms with Crippen LogP contribution in [0, 0.1) is 0 Å². The molecule has 2 aromatic carbocycles. The van der Waals surface area contributed by atoms with Gasteiger partial charge >= 0.3 is 12.3 Å². The molecular formula is C30H31F6N3O5. The first-order chi connectivity index (χ1) is 20.8. The number of carbonyl (C=O) groups excluding carboxylic acids is 1. The number of benzene rings is 2. The highest BCUT2D eigenvalue weighted by Gasteiger charge is 2.31. The van der Waals surface area contributed by atoms with Crippen molar-refractivity contribution in [2.45, 2.75) is 46.0 Å². The molecule has 0 heterocycles. The van der Waals surface area contributed by atoms with Crippen LogP contribution >= 0.6 is 0 Å². The fourth-order valence-electron chi connectivity index (χ4n) is 3.51. The predicted molar refractivity (Wildman–Crippen MR) is 152 cm³/mol. The lowest BCUT2D eigenvalue weighted by Gasteiger charge is -2.19. The summed E-state index contributed by atoms with van der Waals surface area (Å²) in [6, 6.07) is 11.9. The number of hydrazone groups is 1. The van der Waals surface area contributed by atoms with Crippen LogP contribution in [0.3, 0.4) is 0 Å². The predicted octanol–water partition coefficient (Wildman–Crippen LogP) is 7.62. The second-order valence-corrected chi connectivity index (χ2v) is 9.17. The third-order valence-electron chi connectivity index (χ3n) is 5.47. The van der Waals surface area contributed by atoms with Crippen molar-refractivity contribution >= 4 is 23.8 Å². The van der Waals surface area contributed by atoms with Gasteiger partial charge in [-0.05, 0) is 68.3 Å². The number of carbonyl (C=O) groups is 2. The third kappa shape index (κ3) is 13.9. The molecule has 44 heavy (non-hydrogen) atoms. The minimum atomic E-state index is -4.78. The molecule has 3 rings (SSSR count). The van der Waals surface area contributed by atoms with E-state index in [9.17, 15) is 35.9 Å². The second-order valence-electron chi connectivity index (χ2n) is 9.17. The number of hydrogen-bond acceptors (Lipinski definition) is 6. The molecule has 1 amide bonds. The maximum atomic E-state index is 12.5. The van der Waals surface area contributed by atoms with Gasteiger partial charge in [0.1, 0.15) is 23.9 Å². The van der Waals surface area contributed by atoms with Crippen molar-refractivity contribution in [3.05, 3.63) is 89.3 Å². The van der Waals surface area contributed by atoms with Crippen LogP contribution in [0.15, 0.2) is 88.8 Å². The molecular weight excluding hydrogens is 596 g/mol. The first kappa shape index (κ1) is 35.4. The molecule has 0 aromatic heterocycles. The Morgan fingerprint density at radius 1 is 1.05 bits per heavy atom. The summed E-state index contributed by atoms with van der Waals surface area (Å²) < 4.78 is 83.3. The molecule has 2 aromatic rings. The average molecular weight is 628 g/mol. The highest BCUT2D eigenvalue weighted by atomic mass is 19.4. The first-order valence-electron chi connectivity index (χ1n) is 13.2. The number of nitrogens with one attached hydrogen (secondary N) is 1. The number of amides is 1. The van der Waals surface area contributed by atoms with E-state index in [1.54, 1.807) is 26.0 Å². The second kappa shape index (κ2) is 17.4. The highest BCUT2D eigenvalue weighted by molar-refractivity contribution is 5.92. The zero-order chi connectivity index (χ0) is 32.7. The number of rotatable bonds is 12. The molecule has 0 bridgehead atoms. The Bertz CT molecular complexity index is 1370. The fourth-order valence-corrected chi connectivity index (χ4v) is 3.51. The zero-order valence-electron chi connectivity index (χ0n) is 23.8. The molecule has 0 saturated carbocycles. The van der Waals surface area contributed by atoms with Crippen molar-refractivity contribution in [2.24, 2.45) is 5.10 Å². The summed E-state index contributed by atoms with van der Waals surface area (Å²) >= 11 is 0. The number of hydrogen-bond donors (Lipinski definition) is 2. The number of halogens is 6. The Morgan fingerprint density at radius 2 is 1.68 bits per heavy atom. The molecule has 238 valence electrons. The molecule has 2 N–H and O–H groups in total. The molecule has 0 spiro atoms. The number of carboxylic acids is 1. The van der Waals surface area contributed by atoms with Gasteiger partial charge in [0.2, 0.25) is 5.91 Å². The van der Waals surface area contributed by atoms with Gasteiger partial charge in [0.05, 0.1) is 13.2 Å². The number of allylic oxidation sites excluding steroid dienone is 6. The number of ether oxygens (including phenoxy) is 2. The van der Waals surface area contributed by atoms with Crippen molar-refractivity contribution in [3.8, 4) is 11.5 Å². The van der Waals surface area contributed by atoms with E-state index in [0.29, 0.717) is 36.6 Å². The van der Waals surface area contributed by atoms with Gasteiger partial charge in [-0.1, -0.05) is 23.8 Å². The Hall–Kier alpha value is -4.75. The van der Waals surface area contributed by atoms with Crippen molar-refractivity contribution in [3.63, 3.8) is 0 Å². The number of nitrogens with zero attached hydrogens (tertiary/aromatic N) is 2. The van der Waals surface area contributed by atoms with Gasteiger partial charge in [-0.3, -0.25) is 14.6 Å². The summed E-state index contributed by atoms with van der Waals surface area (Å²) in [7, 11) is 0. The van der Waals surface area contributed by atoms with Crippen molar-refractivity contribution in [1.29, 1.82) is 0 Å². The van der Waals surface area contributed by atoms with Crippen LogP contribution in [0.25, 0.3) is 0 Å². The Morgan fingerprint density at radius 3 is 2.27 bits per heavy atom. The largest absolute Gasteiger partial charge is 0.573 e. The van der Waals surface area contributed by atoms with Crippen LogP contribution in [0.2, 0.25) is 0 Å². The number of alkyl halides is 3. The summed E-state index contributed by atoms with van der Waals surface area (Å²) in [5, 5.41) is 16.9. The lowest BCUT2D eigenvalue weighted by atomic mass is 10.2. The normalized spacial score (nSPS) is 13.3. The van der Waals surface area contributed by atoms with Gasteiger partial charge < -0.3 is 19.9 Å². The van der Waals surface area contributed by atoms with Gasteiger partial charge in [0.25, 0.3) is 0 Å². The van der Waals surface area contributed by atoms with Crippen molar-refractivity contribution in [2.75, 3.05) is 18.5 Å². The number of carboxylic acid groups (broad SMARTS) is 1. The first-order valence-corrected chi connectivity index (χ1v) is 13.2. The Balaban J connectivity index is 0.000000514. The summed E-state index contributed by atoms with van der Waals surface area (Å²) in [5.41, 5.74) is 1.71. The van der Waals surface area contributed by atoms with Crippen LogP contribution in [0.4, 0.5) is 32.0 Å². The molecule has 0 radical (unpaired) electrons. The van der Waals surface area contributed by atoms with Gasteiger partial charge in [-0.25, -0.2) is 13.2 Å². The Labute approximate surface area is 250 Å². The Kier molecular flexibility index (Phi) is 14.0. The van der Waals surface area contributed by atoms with Crippen molar-refractivity contribution < 1.29 is 50.5 Å². The summed E-state index contributed by atoms with van der Waals surface area (Å²) in [6.45, 7) is 3.83. The average Bonchev–Trinajstić information content (AvgIpc) is 3.05. The smallest absolute Gasteiger partial charge is 0.494 e. The van der Waals surface area contributed by atoms with Crippen LogP contribution in [-0.4, -0.2) is 47.7 Å². The number of aliphatic carboxylic acids is 1. The van der Waals surface area contributed by atoms with Crippen LogP contribution < -0.4 is 14.8 Å². The molecule has 14 heteroatoms. The van der Waals surface area contributed by atoms with Gasteiger partial charge in [-0.2, -0.15) is 5.10 Å². The van der Waals surface area contributed by atoms with Crippen molar-refractivity contribution in [1.82, 2.24) is 5.01 Å². The maximum absolute atomic E-state index is 12.5. The quantitative estimate of drug-likeness (QED) is 0.109. The topological polar surface area (TPSA) is 100 Å². The molecule has 0 atom stereocenters. The fraction of sp³-hybridized carbons (Fsp3) is 0.300.